The van der Waals surface area contributed by atoms with Crippen molar-refractivity contribution in [2.75, 3.05) is 6.54 Å². The topological polar surface area (TPSA) is 107 Å². The molecule has 0 spiro atoms. The largest absolute Gasteiger partial charge is 0.336 e. The average Bonchev–Trinajstić information content (AvgIpc) is 3.59. The van der Waals surface area contributed by atoms with Crippen LogP contribution in [0, 0.1) is 17.2 Å². The van der Waals surface area contributed by atoms with Crippen molar-refractivity contribution in [1.29, 1.82) is 5.26 Å². The van der Waals surface area contributed by atoms with Gasteiger partial charge in [0.15, 0.2) is 9.84 Å². The molecule has 1 aromatic rings. The maximum Gasteiger partial charge on any atom is 0.244 e. The molecule has 1 heterocycles. The van der Waals surface area contributed by atoms with Crippen molar-refractivity contribution in [3.63, 3.8) is 0 Å². The highest BCUT2D eigenvalue weighted by atomic mass is 35.5. The minimum Gasteiger partial charge on any atom is -0.336 e. The molecule has 4 rings (SSSR count). The SMILES string of the molecule is N#CC1(NC(=O)C2CC(S(=O)(=O)c3ccccc3Cl)CN2C(=O)C2CC2)CC1. The van der Waals surface area contributed by atoms with Crippen LogP contribution in [-0.4, -0.2) is 48.5 Å². The summed E-state index contributed by atoms with van der Waals surface area (Å²) < 4.78 is 26.2. The Morgan fingerprint density at radius 1 is 1.25 bits per heavy atom. The molecule has 28 heavy (non-hydrogen) atoms. The Morgan fingerprint density at radius 3 is 2.50 bits per heavy atom. The lowest BCUT2D eigenvalue weighted by Crippen LogP contribution is -2.49. The van der Waals surface area contributed by atoms with E-state index >= 15 is 0 Å². The highest BCUT2D eigenvalue weighted by Crippen LogP contribution is 2.38. The summed E-state index contributed by atoms with van der Waals surface area (Å²) in [4.78, 5) is 26.9. The van der Waals surface area contributed by atoms with E-state index in [4.69, 9.17) is 11.6 Å². The molecule has 1 saturated heterocycles. The molecule has 2 amide bonds. The van der Waals surface area contributed by atoms with Gasteiger partial charge in [0.2, 0.25) is 11.8 Å². The molecule has 1 aliphatic heterocycles. The number of nitrogens with one attached hydrogen (secondary N) is 1. The van der Waals surface area contributed by atoms with E-state index in [2.05, 4.69) is 11.4 Å². The number of likely N-dealkylation sites (tertiary alicyclic amines) is 1. The highest BCUT2D eigenvalue weighted by Gasteiger charge is 2.51. The molecule has 9 heteroatoms. The number of carbonyl (C=O) groups is 2. The smallest absolute Gasteiger partial charge is 0.244 e. The summed E-state index contributed by atoms with van der Waals surface area (Å²) in [5.41, 5.74) is -0.870. The monoisotopic (exact) mass is 421 g/mol. The number of nitrogens with zero attached hydrogens (tertiary/aromatic N) is 2. The number of amides is 2. The normalized spacial score (nSPS) is 25.8. The van der Waals surface area contributed by atoms with Crippen LogP contribution in [0.4, 0.5) is 0 Å². The molecule has 2 atom stereocenters. The van der Waals surface area contributed by atoms with E-state index in [0.717, 1.165) is 12.8 Å². The first-order valence-corrected chi connectivity index (χ1v) is 11.2. The predicted octanol–water partition coefficient (Wildman–Crippen LogP) is 1.67. The molecule has 3 fully saturated rings. The van der Waals surface area contributed by atoms with Crippen LogP contribution >= 0.6 is 11.6 Å². The number of nitriles is 1. The van der Waals surface area contributed by atoms with Crippen LogP contribution in [0.3, 0.4) is 0 Å². The number of hydrogen-bond acceptors (Lipinski definition) is 5. The third-order valence-electron chi connectivity index (χ3n) is 5.68. The van der Waals surface area contributed by atoms with Crippen LogP contribution in [0.25, 0.3) is 0 Å². The van der Waals surface area contributed by atoms with Crippen LogP contribution < -0.4 is 5.32 Å². The molecule has 1 aromatic carbocycles. The fourth-order valence-electron chi connectivity index (χ4n) is 3.64. The van der Waals surface area contributed by atoms with Gasteiger partial charge in [-0.1, -0.05) is 23.7 Å². The van der Waals surface area contributed by atoms with Gasteiger partial charge in [0.1, 0.15) is 11.6 Å². The summed E-state index contributed by atoms with van der Waals surface area (Å²) in [5.74, 6) is -0.772. The van der Waals surface area contributed by atoms with Crippen molar-refractivity contribution in [1.82, 2.24) is 10.2 Å². The average molecular weight is 422 g/mol. The lowest BCUT2D eigenvalue weighted by molar-refractivity contribution is -0.139. The Bertz CT molecular complexity index is 979. The summed E-state index contributed by atoms with van der Waals surface area (Å²) in [7, 11) is -3.81. The zero-order valence-electron chi connectivity index (χ0n) is 15.1. The first kappa shape index (κ1) is 19.2. The molecule has 0 radical (unpaired) electrons. The molecule has 7 nitrogen and oxygen atoms in total. The van der Waals surface area contributed by atoms with E-state index in [0.29, 0.717) is 12.8 Å². The van der Waals surface area contributed by atoms with Gasteiger partial charge in [-0.25, -0.2) is 8.42 Å². The van der Waals surface area contributed by atoms with Gasteiger partial charge in [-0.15, -0.1) is 0 Å². The highest BCUT2D eigenvalue weighted by molar-refractivity contribution is 7.92. The van der Waals surface area contributed by atoms with Crippen LogP contribution in [0.2, 0.25) is 5.02 Å². The molecular weight excluding hydrogens is 402 g/mol. The van der Waals surface area contributed by atoms with Gasteiger partial charge in [0.25, 0.3) is 0 Å². The van der Waals surface area contributed by atoms with Gasteiger partial charge < -0.3 is 10.2 Å². The molecule has 2 saturated carbocycles. The van der Waals surface area contributed by atoms with Gasteiger partial charge in [0, 0.05) is 12.5 Å². The summed E-state index contributed by atoms with van der Waals surface area (Å²) in [6.45, 7) is -0.0411. The Balaban J connectivity index is 1.61. The summed E-state index contributed by atoms with van der Waals surface area (Å²) in [6, 6.07) is 7.38. The standard InChI is InChI=1S/C19H20ClN3O4S/c20-14-3-1-2-4-16(14)28(26,27)13-9-15(17(24)22-19(11-21)7-8-19)23(10-13)18(25)12-5-6-12/h1-4,12-13,15H,5-10H2,(H,22,24). The molecule has 2 aliphatic carbocycles. The van der Waals surface area contributed by atoms with Gasteiger partial charge in [0.05, 0.1) is 21.2 Å². The Hall–Kier alpha value is -2.11. The fourth-order valence-corrected chi connectivity index (χ4v) is 5.86. The maximum absolute atomic E-state index is 13.1. The number of benzene rings is 1. The van der Waals surface area contributed by atoms with Crippen LogP contribution in [-0.2, 0) is 19.4 Å². The fraction of sp³-hybridized carbons (Fsp3) is 0.526. The third kappa shape index (κ3) is 3.38. The molecule has 3 aliphatic rings. The van der Waals surface area contributed by atoms with E-state index in [-0.39, 0.29) is 34.7 Å². The summed E-state index contributed by atoms with van der Waals surface area (Å²) in [6.07, 6.45) is 2.65. The first-order chi connectivity index (χ1) is 13.3. The second-order valence-corrected chi connectivity index (χ2v) is 10.4. The van der Waals surface area contributed by atoms with Crippen molar-refractivity contribution < 1.29 is 18.0 Å². The van der Waals surface area contributed by atoms with Crippen LogP contribution in [0.5, 0.6) is 0 Å². The van der Waals surface area contributed by atoms with E-state index < -0.39 is 32.6 Å². The Morgan fingerprint density at radius 2 is 1.93 bits per heavy atom. The number of hydrogen-bond donors (Lipinski definition) is 1. The number of carbonyl (C=O) groups excluding carboxylic acids is 2. The predicted molar refractivity (Wildman–Crippen MR) is 101 cm³/mol. The molecule has 2 unspecified atom stereocenters. The third-order valence-corrected chi connectivity index (χ3v) is 8.31. The van der Waals surface area contributed by atoms with Crippen LogP contribution in [0.15, 0.2) is 29.2 Å². The van der Waals surface area contributed by atoms with E-state index in [1.807, 2.05) is 0 Å². The lowest BCUT2D eigenvalue weighted by atomic mass is 10.1. The van der Waals surface area contributed by atoms with Gasteiger partial charge in [-0.3, -0.25) is 9.59 Å². The zero-order valence-corrected chi connectivity index (χ0v) is 16.7. The number of halogens is 1. The Kier molecular flexibility index (Phi) is 4.63. The van der Waals surface area contributed by atoms with E-state index in [9.17, 15) is 23.3 Å². The van der Waals surface area contributed by atoms with Crippen molar-refractivity contribution in [3.8, 4) is 6.07 Å². The number of rotatable bonds is 5. The molecule has 0 bridgehead atoms. The van der Waals surface area contributed by atoms with Crippen LogP contribution in [0.1, 0.15) is 32.1 Å². The molecule has 1 N–H and O–H groups in total. The molecular formula is C19H20ClN3O4S. The second kappa shape index (κ2) is 6.75. The van der Waals surface area contributed by atoms with Gasteiger partial charge in [-0.2, -0.15) is 5.26 Å². The maximum atomic E-state index is 13.1. The van der Waals surface area contributed by atoms with Crippen molar-refractivity contribution in [2.24, 2.45) is 5.92 Å². The van der Waals surface area contributed by atoms with E-state index in [1.165, 1.54) is 17.0 Å². The lowest BCUT2D eigenvalue weighted by Gasteiger charge is -2.24. The van der Waals surface area contributed by atoms with Gasteiger partial charge >= 0.3 is 0 Å². The molecule has 0 aromatic heterocycles. The second-order valence-electron chi connectivity index (χ2n) is 7.80. The summed E-state index contributed by atoms with van der Waals surface area (Å²) in [5, 5.41) is 11.1. The van der Waals surface area contributed by atoms with Crippen molar-refractivity contribution in [3.05, 3.63) is 29.3 Å². The van der Waals surface area contributed by atoms with E-state index in [1.54, 1.807) is 12.1 Å². The minimum atomic E-state index is -3.81. The zero-order chi connectivity index (χ0) is 20.1. The minimum absolute atomic E-state index is 0.000636. The number of sulfone groups is 1. The Labute approximate surface area is 168 Å². The summed E-state index contributed by atoms with van der Waals surface area (Å²) >= 11 is 6.08. The molecule has 148 valence electrons. The van der Waals surface area contributed by atoms with Crippen molar-refractivity contribution in [2.45, 2.75) is 53.8 Å². The quantitative estimate of drug-likeness (QED) is 0.778. The van der Waals surface area contributed by atoms with Crippen molar-refractivity contribution >= 4 is 33.3 Å². The first-order valence-electron chi connectivity index (χ1n) is 9.30. The van der Waals surface area contributed by atoms with Gasteiger partial charge in [-0.05, 0) is 44.2 Å².